The van der Waals surface area contributed by atoms with Crippen LogP contribution in [0.25, 0.3) is 0 Å². The normalized spacial score (nSPS) is 11.1. The molecule has 0 fully saturated rings. The highest BCUT2D eigenvalue weighted by Gasteiger charge is 2.17. The van der Waals surface area contributed by atoms with Crippen LogP contribution in [0.2, 0.25) is 0 Å². The standard InChI is InChI=1S/C15H13BrO5S/c16-13-6-8-14(9-7-13)22(18,19)21-11-15(17)20-10-12-4-2-1-3-5-12/h1-9H,10-11H2. The van der Waals surface area contributed by atoms with Crippen molar-refractivity contribution in [1.29, 1.82) is 0 Å². The molecule has 7 heteroatoms. The van der Waals surface area contributed by atoms with Gasteiger partial charge in [0, 0.05) is 4.47 Å². The Morgan fingerprint density at radius 2 is 1.64 bits per heavy atom. The van der Waals surface area contributed by atoms with Crippen molar-refractivity contribution < 1.29 is 22.1 Å². The van der Waals surface area contributed by atoms with Crippen LogP contribution in [0.1, 0.15) is 5.56 Å². The zero-order valence-electron chi connectivity index (χ0n) is 11.4. The Kier molecular flexibility index (Phi) is 5.70. The number of carbonyl (C=O) groups is 1. The second-order valence-electron chi connectivity index (χ2n) is 4.32. The summed E-state index contributed by atoms with van der Waals surface area (Å²) in [7, 11) is -3.98. The Hall–Kier alpha value is -1.70. The fourth-order valence-corrected chi connectivity index (χ4v) is 2.70. The summed E-state index contributed by atoms with van der Waals surface area (Å²) >= 11 is 3.21. The van der Waals surface area contributed by atoms with Gasteiger partial charge in [0.2, 0.25) is 0 Å². The van der Waals surface area contributed by atoms with Crippen LogP contribution in [-0.4, -0.2) is 21.0 Å². The van der Waals surface area contributed by atoms with Crippen molar-refractivity contribution in [3.8, 4) is 0 Å². The minimum Gasteiger partial charge on any atom is -0.459 e. The molecule has 0 aliphatic carbocycles. The van der Waals surface area contributed by atoms with Crippen molar-refractivity contribution in [2.45, 2.75) is 11.5 Å². The first kappa shape index (κ1) is 16.7. The van der Waals surface area contributed by atoms with E-state index in [1.165, 1.54) is 12.1 Å². The molecular weight excluding hydrogens is 372 g/mol. The van der Waals surface area contributed by atoms with Gasteiger partial charge in [-0.1, -0.05) is 46.3 Å². The molecular formula is C15H13BrO5S. The largest absolute Gasteiger partial charge is 0.459 e. The van der Waals surface area contributed by atoms with Crippen LogP contribution in [0.4, 0.5) is 0 Å². The predicted octanol–water partition coefficient (Wildman–Crippen LogP) is 2.90. The maximum absolute atomic E-state index is 11.9. The molecule has 0 N–H and O–H groups in total. The van der Waals surface area contributed by atoms with Gasteiger partial charge in [-0.05, 0) is 29.8 Å². The average molecular weight is 385 g/mol. The summed E-state index contributed by atoms with van der Waals surface area (Å²) in [6.45, 7) is -0.591. The maximum Gasteiger partial charge on any atom is 0.333 e. The van der Waals surface area contributed by atoms with E-state index in [4.69, 9.17) is 4.74 Å². The summed E-state index contributed by atoms with van der Waals surface area (Å²) in [5.41, 5.74) is 0.812. The Morgan fingerprint density at radius 3 is 2.27 bits per heavy atom. The van der Waals surface area contributed by atoms with Crippen LogP contribution < -0.4 is 0 Å². The van der Waals surface area contributed by atoms with E-state index in [0.717, 1.165) is 10.0 Å². The quantitative estimate of drug-likeness (QED) is 0.565. The van der Waals surface area contributed by atoms with Gasteiger partial charge in [0.25, 0.3) is 10.1 Å². The Morgan fingerprint density at radius 1 is 1.00 bits per heavy atom. The topological polar surface area (TPSA) is 69.7 Å². The van der Waals surface area contributed by atoms with Crippen LogP contribution in [0, 0.1) is 0 Å². The molecule has 0 atom stereocenters. The van der Waals surface area contributed by atoms with Gasteiger partial charge in [0.1, 0.15) is 6.61 Å². The van der Waals surface area contributed by atoms with Gasteiger partial charge in [-0.25, -0.2) is 4.79 Å². The molecule has 0 spiro atoms. The molecule has 0 heterocycles. The number of ether oxygens (including phenoxy) is 1. The first-order valence-electron chi connectivity index (χ1n) is 6.32. The molecule has 2 rings (SSSR count). The van der Waals surface area contributed by atoms with Crippen molar-refractivity contribution in [2.24, 2.45) is 0 Å². The van der Waals surface area contributed by atoms with Crippen LogP contribution in [-0.2, 0) is 30.4 Å². The summed E-state index contributed by atoms with van der Waals surface area (Å²) in [4.78, 5) is 11.5. The summed E-state index contributed by atoms with van der Waals surface area (Å²) in [5, 5.41) is 0. The van der Waals surface area contributed by atoms with E-state index in [1.54, 1.807) is 24.3 Å². The number of halogens is 1. The molecule has 0 aromatic heterocycles. The number of rotatable bonds is 6. The van der Waals surface area contributed by atoms with Crippen molar-refractivity contribution in [3.05, 3.63) is 64.6 Å². The lowest BCUT2D eigenvalue weighted by Gasteiger charge is -2.07. The molecule has 0 radical (unpaired) electrons. The zero-order chi connectivity index (χ0) is 16.0. The second-order valence-corrected chi connectivity index (χ2v) is 6.85. The minimum atomic E-state index is -3.98. The third-order valence-corrected chi connectivity index (χ3v) is 4.48. The summed E-state index contributed by atoms with van der Waals surface area (Å²) in [6.07, 6.45) is 0. The molecule has 0 aliphatic rings. The summed E-state index contributed by atoms with van der Waals surface area (Å²) in [5.74, 6) is -0.746. The zero-order valence-corrected chi connectivity index (χ0v) is 13.8. The number of esters is 1. The van der Waals surface area contributed by atoms with Crippen LogP contribution in [0.15, 0.2) is 64.0 Å². The van der Waals surface area contributed by atoms with Crippen LogP contribution in [0.3, 0.4) is 0 Å². The number of hydrogen-bond acceptors (Lipinski definition) is 5. The molecule has 2 aromatic carbocycles. The Bertz CT molecular complexity index is 726. The van der Waals surface area contributed by atoms with E-state index in [2.05, 4.69) is 20.1 Å². The third kappa shape index (κ3) is 4.94. The Labute approximate surface area is 137 Å². The molecule has 0 unspecified atom stereocenters. The predicted molar refractivity (Wildman–Crippen MR) is 83.5 cm³/mol. The SMILES string of the molecule is O=C(COS(=O)(=O)c1ccc(Br)cc1)OCc1ccccc1. The minimum absolute atomic E-state index is 0.0217. The number of carbonyl (C=O) groups excluding carboxylic acids is 1. The molecule has 0 bridgehead atoms. The molecule has 22 heavy (non-hydrogen) atoms. The van der Waals surface area contributed by atoms with Gasteiger partial charge in [-0.2, -0.15) is 8.42 Å². The van der Waals surface area contributed by atoms with Crippen LogP contribution >= 0.6 is 15.9 Å². The molecule has 2 aromatic rings. The van der Waals surface area contributed by atoms with Crippen molar-refractivity contribution in [3.63, 3.8) is 0 Å². The highest BCUT2D eigenvalue weighted by atomic mass is 79.9. The van der Waals surface area contributed by atoms with E-state index >= 15 is 0 Å². The van der Waals surface area contributed by atoms with Crippen molar-refractivity contribution in [2.75, 3.05) is 6.61 Å². The van der Waals surface area contributed by atoms with E-state index in [1.807, 2.05) is 18.2 Å². The lowest BCUT2D eigenvalue weighted by atomic mass is 10.2. The van der Waals surface area contributed by atoms with Gasteiger partial charge in [0.05, 0.1) is 4.90 Å². The molecule has 0 amide bonds. The monoisotopic (exact) mass is 384 g/mol. The van der Waals surface area contributed by atoms with Crippen molar-refractivity contribution in [1.82, 2.24) is 0 Å². The molecule has 0 saturated heterocycles. The Balaban J connectivity index is 1.86. The van der Waals surface area contributed by atoms with E-state index < -0.39 is 22.7 Å². The molecule has 0 saturated carbocycles. The summed E-state index contributed by atoms with van der Waals surface area (Å²) in [6, 6.07) is 15.0. The van der Waals surface area contributed by atoms with Gasteiger partial charge in [0.15, 0.2) is 6.61 Å². The number of hydrogen-bond donors (Lipinski definition) is 0. The highest BCUT2D eigenvalue weighted by molar-refractivity contribution is 9.10. The van der Waals surface area contributed by atoms with Gasteiger partial charge in [-0.3, -0.25) is 4.18 Å². The maximum atomic E-state index is 11.9. The number of benzene rings is 2. The second kappa shape index (κ2) is 7.53. The lowest BCUT2D eigenvalue weighted by Crippen LogP contribution is -2.16. The van der Waals surface area contributed by atoms with Crippen LogP contribution in [0.5, 0.6) is 0 Å². The van der Waals surface area contributed by atoms with Gasteiger partial charge >= 0.3 is 5.97 Å². The molecule has 0 aliphatic heterocycles. The lowest BCUT2D eigenvalue weighted by molar-refractivity contribution is -0.147. The fourth-order valence-electron chi connectivity index (χ4n) is 1.57. The van der Waals surface area contributed by atoms with E-state index in [9.17, 15) is 13.2 Å². The fraction of sp³-hybridized carbons (Fsp3) is 0.133. The summed E-state index contributed by atoms with van der Waals surface area (Å²) < 4.78 is 34.1. The van der Waals surface area contributed by atoms with Gasteiger partial charge in [-0.15, -0.1) is 0 Å². The smallest absolute Gasteiger partial charge is 0.333 e. The molecule has 116 valence electrons. The first-order chi connectivity index (χ1) is 10.5. The molecule has 5 nitrogen and oxygen atoms in total. The third-order valence-electron chi connectivity index (χ3n) is 2.68. The van der Waals surface area contributed by atoms with E-state index in [-0.39, 0.29) is 11.5 Å². The van der Waals surface area contributed by atoms with E-state index in [0.29, 0.717) is 0 Å². The first-order valence-corrected chi connectivity index (χ1v) is 8.52. The van der Waals surface area contributed by atoms with Crippen molar-refractivity contribution >= 4 is 32.0 Å². The van der Waals surface area contributed by atoms with Gasteiger partial charge < -0.3 is 4.74 Å². The average Bonchev–Trinajstić information content (AvgIpc) is 2.52. The highest BCUT2D eigenvalue weighted by Crippen LogP contribution is 2.16.